The van der Waals surface area contributed by atoms with Crippen molar-refractivity contribution in [2.24, 2.45) is 5.92 Å². The molecule has 1 saturated heterocycles. The quantitative estimate of drug-likeness (QED) is 0.721. The first-order chi connectivity index (χ1) is 10.0. The summed E-state index contributed by atoms with van der Waals surface area (Å²) < 4.78 is 0. The van der Waals surface area contributed by atoms with E-state index < -0.39 is 12.0 Å². The van der Waals surface area contributed by atoms with Crippen molar-refractivity contribution in [3.63, 3.8) is 0 Å². The molecule has 1 amide bonds. The smallest absolute Gasteiger partial charge is 0.326 e. The van der Waals surface area contributed by atoms with Crippen LogP contribution in [0.2, 0.25) is 0 Å². The first-order valence-corrected chi connectivity index (χ1v) is 8.29. The fraction of sp³-hybridized carbons (Fsp3) is 0.875. The second kappa shape index (κ2) is 9.77. The highest BCUT2D eigenvalue weighted by Gasteiger charge is 2.24. The molecule has 0 aromatic rings. The van der Waals surface area contributed by atoms with E-state index in [1.165, 1.54) is 25.7 Å². The summed E-state index contributed by atoms with van der Waals surface area (Å²) in [6, 6.07) is -0.763. The van der Waals surface area contributed by atoms with Crippen molar-refractivity contribution in [1.82, 2.24) is 10.2 Å². The highest BCUT2D eigenvalue weighted by atomic mass is 16.4. The number of rotatable bonds is 8. The molecule has 2 N–H and O–H groups in total. The normalized spacial score (nSPS) is 19.5. The number of hydrogen-bond donors (Lipinski definition) is 2. The lowest BCUT2D eigenvalue weighted by Crippen LogP contribution is -2.45. The average Bonchev–Trinajstić information content (AvgIpc) is 2.72. The maximum atomic E-state index is 11.9. The molecule has 1 fully saturated rings. The van der Waals surface area contributed by atoms with Crippen LogP contribution in [0.1, 0.15) is 58.8 Å². The minimum absolute atomic E-state index is 0.0444. The van der Waals surface area contributed by atoms with E-state index in [2.05, 4.69) is 10.2 Å². The van der Waals surface area contributed by atoms with Crippen molar-refractivity contribution in [3.8, 4) is 0 Å². The van der Waals surface area contributed by atoms with E-state index in [0.717, 1.165) is 32.5 Å². The SMILES string of the molecule is CCC(C)C(NC(=O)CCCN1CCCCCC1)C(=O)O. The number of aliphatic carboxylic acids is 1. The van der Waals surface area contributed by atoms with Crippen LogP contribution in [0.4, 0.5) is 0 Å². The number of carboxylic acids is 1. The van der Waals surface area contributed by atoms with Crippen LogP contribution in [-0.4, -0.2) is 47.6 Å². The Bertz CT molecular complexity index is 325. The maximum absolute atomic E-state index is 11.9. The Balaban J connectivity index is 2.27. The molecule has 2 atom stereocenters. The van der Waals surface area contributed by atoms with Gasteiger partial charge in [-0.25, -0.2) is 4.79 Å². The van der Waals surface area contributed by atoms with Crippen LogP contribution in [0.5, 0.6) is 0 Å². The molecule has 0 spiro atoms. The number of nitrogens with zero attached hydrogens (tertiary/aromatic N) is 1. The summed E-state index contributed by atoms with van der Waals surface area (Å²) in [5.41, 5.74) is 0. The van der Waals surface area contributed by atoms with Gasteiger partial charge in [0.05, 0.1) is 0 Å². The van der Waals surface area contributed by atoms with Gasteiger partial charge in [0, 0.05) is 6.42 Å². The van der Waals surface area contributed by atoms with E-state index >= 15 is 0 Å². The molecule has 0 radical (unpaired) electrons. The molecule has 122 valence electrons. The minimum atomic E-state index is -0.940. The third kappa shape index (κ3) is 6.93. The van der Waals surface area contributed by atoms with Crippen molar-refractivity contribution >= 4 is 11.9 Å². The molecule has 0 aromatic heterocycles. The summed E-state index contributed by atoms with van der Waals surface area (Å²) in [4.78, 5) is 25.5. The zero-order chi connectivity index (χ0) is 15.7. The molecule has 0 aromatic carbocycles. The fourth-order valence-corrected chi connectivity index (χ4v) is 2.75. The zero-order valence-corrected chi connectivity index (χ0v) is 13.4. The van der Waals surface area contributed by atoms with Gasteiger partial charge in [0.1, 0.15) is 6.04 Å². The van der Waals surface area contributed by atoms with Gasteiger partial charge < -0.3 is 15.3 Å². The van der Waals surface area contributed by atoms with E-state index in [1.807, 2.05) is 13.8 Å². The Morgan fingerprint density at radius 2 is 1.81 bits per heavy atom. The first kappa shape index (κ1) is 18.0. The molecule has 5 heteroatoms. The maximum Gasteiger partial charge on any atom is 0.326 e. The molecule has 2 unspecified atom stereocenters. The second-order valence-electron chi connectivity index (χ2n) is 6.13. The van der Waals surface area contributed by atoms with Crippen LogP contribution in [0.3, 0.4) is 0 Å². The third-order valence-electron chi connectivity index (χ3n) is 4.37. The summed E-state index contributed by atoms with van der Waals surface area (Å²) >= 11 is 0. The lowest BCUT2D eigenvalue weighted by Gasteiger charge is -2.21. The molecular formula is C16H30N2O3. The van der Waals surface area contributed by atoms with Crippen molar-refractivity contribution in [2.75, 3.05) is 19.6 Å². The second-order valence-corrected chi connectivity index (χ2v) is 6.13. The Morgan fingerprint density at radius 1 is 1.19 bits per heavy atom. The van der Waals surface area contributed by atoms with Crippen LogP contribution in [-0.2, 0) is 9.59 Å². The number of amides is 1. The molecule has 0 saturated carbocycles. The van der Waals surface area contributed by atoms with E-state index in [4.69, 9.17) is 5.11 Å². The van der Waals surface area contributed by atoms with Gasteiger partial charge in [0.25, 0.3) is 0 Å². The number of nitrogens with one attached hydrogen (secondary N) is 1. The van der Waals surface area contributed by atoms with Crippen molar-refractivity contribution < 1.29 is 14.7 Å². The van der Waals surface area contributed by atoms with Crippen LogP contribution in [0.15, 0.2) is 0 Å². The monoisotopic (exact) mass is 298 g/mol. The Hall–Kier alpha value is -1.10. The van der Waals surface area contributed by atoms with Gasteiger partial charge in [0.15, 0.2) is 0 Å². The lowest BCUT2D eigenvalue weighted by molar-refractivity contribution is -0.143. The molecule has 1 rings (SSSR count). The van der Waals surface area contributed by atoms with E-state index in [0.29, 0.717) is 6.42 Å². The molecule has 0 aliphatic carbocycles. The highest BCUT2D eigenvalue weighted by molar-refractivity contribution is 5.83. The highest BCUT2D eigenvalue weighted by Crippen LogP contribution is 2.11. The van der Waals surface area contributed by atoms with Gasteiger partial charge in [-0.15, -0.1) is 0 Å². The molecule has 1 aliphatic rings. The van der Waals surface area contributed by atoms with Gasteiger partial charge >= 0.3 is 5.97 Å². The van der Waals surface area contributed by atoms with Crippen LogP contribution in [0, 0.1) is 5.92 Å². The van der Waals surface area contributed by atoms with E-state index in [-0.39, 0.29) is 11.8 Å². The average molecular weight is 298 g/mol. The first-order valence-electron chi connectivity index (χ1n) is 8.29. The standard InChI is InChI=1S/C16H30N2O3/c1-3-13(2)15(16(20)21)17-14(19)9-8-12-18-10-6-4-5-7-11-18/h13,15H,3-12H2,1-2H3,(H,17,19)(H,20,21). The number of hydrogen-bond acceptors (Lipinski definition) is 3. The Kier molecular flexibility index (Phi) is 8.35. The van der Waals surface area contributed by atoms with Gasteiger partial charge in [-0.3, -0.25) is 4.79 Å². The van der Waals surface area contributed by atoms with Gasteiger partial charge in [-0.1, -0.05) is 33.1 Å². The zero-order valence-electron chi connectivity index (χ0n) is 13.4. The summed E-state index contributed by atoms with van der Waals surface area (Å²) in [5.74, 6) is -1.13. The summed E-state index contributed by atoms with van der Waals surface area (Å²) in [5, 5.41) is 11.8. The lowest BCUT2D eigenvalue weighted by atomic mass is 9.99. The van der Waals surface area contributed by atoms with Crippen LogP contribution in [0.25, 0.3) is 0 Å². The molecule has 0 bridgehead atoms. The van der Waals surface area contributed by atoms with Gasteiger partial charge in [0.2, 0.25) is 5.91 Å². The van der Waals surface area contributed by atoms with E-state index in [9.17, 15) is 9.59 Å². The predicted octanol–water partition coefficient (Wildman–Crippen LogP) is 2.26. The summed E-state index contributed by atoms with van der Waals surface area (Å²) in [6.45, 7) is 7.00. The van der Waals surface area contributed by atoms with Gasteiger partial charge in [-0.2, -0.15) is 0 Å². The largest absolute Gasteiger partial charge is 0.480 e. The predicted molar refractivity (Wildman–Crippen MR) is 83.2 cm³/mol. The van der Waals surface area contributed by atoms with Crippen molar-refractivity contribution in [3.05, 3.63) is 0 Å². The summed E-state index contributed by atoms with van der Waals surface area (Å²) in [6.07, 6.45) is 7.08. The van der Waals surface area contributed by atoms with Gasteiger partial charge in [-0.05, 0) is 44.8 Å². The molecule has 1 heterocycles. The molecule has 21 heavy (non-hydrogen) atoms. The molecule has 1 aliphatic heterocycles. The number of likely N-dealkylation sites (tertiary alicyclic amines) is 1. The Labute approximate surface area is 128 Å². The van der Waals surface area contributed by atoms with Crippen LogP contribution >= 0.6 is 0 Å². The topological polar surface area (TPSA) is 69.6 Å². The number of carbonyl (C=O) groups excluding carboxylic acids is 1. The number of carboxylic acid groups (broad SMARTS) is 1. The van der Waals surface area contributed by atoms with Crippen molar-refractivity contribution in [2.45, 2.75) is 64.8 Å². The number of carbonyl (C=O) groups is 2. The van der Waals surface area contributed by atoms with Crippen LogP contribution < -0.4 is 5.32 Å². The van der Waals surface area contributed by atoms with Crippen molar-refractivity contribution in [1.29, 1.82) is 0 Å². The third-order valence-corrected chi connectivity index (χ3v) is 4.37. The fourth-order valence-electron chi connectivity index (χ4n) is 2.75. The summed E-state index contributed by atoms with van der Waals surface area (Å²) in [7, 11) is 0. The van der Waals surface area contributed by atoms with E-state index in [1.54, 1.807) is 0 Å². The minimum Gasteiger partial charge on any atom is -0.480 e. The molecule has 5 nitrogen and oxygen atoms in total. The Morgan fingerprint density at radius 3 is 2.33 bits per heavy atom. The molecular weight excluding hydrogens is 268 g/mol.